The lowest BCUT2D eigenvalue weighted by molar-refractivity contribution is 0.277. The monoisotopic (exact) mass is 297 g/mol. The normalized spacial score (nSPS) is 17.0. The van der Waals surface area contributed by atoms with Crippen LogP contribution in [0.3, 0.4) is 0 Å². The lowest BCUT2D eigenvalue weighted by Gasteiger charge is -2.30. The topological polar surface area (TPSA) is 59.4 Å². The predicted molar refractivity (Wildman–Crippen MR) is 88.9 cm³/mol. The number of guanidine groups is 1. The van der Waals surface area contributed by atoms with Crippen molar-refractivity contribution in [2.75, 3.05) is 13.1 Å². The van der Waals surface area contributed by atoms with E-state index in [1.54, 1.807) is 0 Å². The van der Waals surface area contributed by atoms with Crippen LogP contribution < -0.4 is 5.73 Å². The van der Waals surface area contributed by atoms with Crippen molar-refractivity contribution in [1.29, 1.82) is 0 Å². The lowest BCUT2D eigenvalue weighted by Crippen LogP contribution is -2.42. The van der Waals surface area contributed by atoms with Gasteiger partial charge >= 0.3 is 0 Å². The number of aliphatic imine (C=N–C) groups is 1. The third-order valence-corrected chi connectivity index (χ3v) is 4.19. The lowest BCUT2D eigenvalue weighted by atomic mass is 10.00. The molecule has 0 saturated carbocycles. The Bertz CT molecular complexity index is 624. The molecule has 0 radical (unpaired) electrons. The molecule has 1 aliphatic heterocycles. The SMILES string of the molecule is CC1CCN(C(N)=NCc2cnn(-c3ccccc3)c2)CC1. The van der Waals surface area contributed by atoms with Crippen molar-refractivity contribution in [3.63, 3.8) is 0 Å². The Hall–Kier alpha value is -2.30. The summed E-state index contributed by atoms with van der Waals surface area (Å²) in [6, 6.07) is 10.1. The maximum atomic E-state index is 6.11. The standard InChI is InChI=1S/C17H23N5/c1-14-7-9-21(10-8-14)17(18)19-11-15-12-20-22(13-15)16-5-3-2-4-6-16/h2-6,12-14H,7-11H2,1H3,(H2,18,19). The minimum atomic E-state index is 0.574. The molecule has 1 aromatic heterocycles. The molecule has 22 heavy (non-hydrogen) atoms. The van der Waals surface area contributed by atoms with Gasteiger partial charge in [0.05, 0.1) is 18.4 Å². The first-order chi connectivity index (χ1) is 10.7. The minimum Gasteiger partial charge on any atom is -0.370 e. The fraction of sp³-hybridized carbons (Fsp3) is 0.412. The number of benzene rings is 1. The van der Waals surface area contributed by atoms with Gasteiger partial charge in [-0.15, -0.1) is 0 Å². The molecule has 0 atom stereocenters. The zero-order valence-electron chi connectivity index (χ0n) is 13.0. The molecular formula is C17H23N5. The van der Waals surface area contributed by atoms with Crippen LogP contribution in [0.2, 0.25) is 0 Å². The molecule has 0 spiro atoms. The summed E-state index contributed by atoms with van der Waals surface area (Å²) in [7, 11) is 0. The third-order valence-electron chi connectivity index (χ3n) is 4.19. The van der Waals surface area contributed by atoms with Gasteiger partial charge in [0.2, 0.25) is 0 Å². The molecule has 116 valence electrons. The summed E-state index contributed by atoms with van der Waals surface area (Å²) in [5.41, 5.74) is 8.23. The van der Waals surface area contributed by atoms with Gasteiger partial charge in [0.25, 0.3) is 0 Å². The van der Waals surface area contributed by atoms with E-state index in [0.29, 0.717) is 12.5 Å². The number of hydrogen-bond acceptors (Lipinski definition) is 2. The zero-order chi connectivity index (χ0) is 15.4. The van der Waals surface area contributed by atoms with Gasteiger partial charge in [-0.2, -0.15) is 5.10 Å². The summed E-state index contributed by atoms with van der Waals surface area (Å²) < 4.78 is 1.86. The van der Waals surface area contributed by atoms with Gasteiger partial charge in [-0.1, -0.05) is 25.1 Å². The van der Waals surface area contributed by atoms with E-state index in [0.717, 1.165) is 30.3 Å². The highest BCUT2D eigenvalue weighted by Crippen LogP contribution is 2.15. The number of nitrogens with two attached hydrogens (primary N) is 1. The fourth-order valence-electron chi connectivity index (χ4n) is 2.67. The van der Waals surface area contributed by atoms with Crippen LogP contribution in [0.15, 0.2) is 47.7 Å². The van der Waals surface area contributed by atoms with Crippen LogP contribution in [0, 0.1) is 5.92 Å². The van der Waals surface area contributed by atoms with E-state index in [1.807, 2.05) is 47.4 Å². The molecule has 1 aromatic carbocycles. The number of hydrogen-bond donors (Lipinski definition) is 1. The van der Waals surface area contributed by atoms with E-state index < -0.39 is 0 Å². The van der Waals surface area contributed by atoms with Crippen LogP contribution >= 0.6 is 0 Å². The van der Waals surface area contributed by atoms with Crippen LogP contribution in [0.4, 0.5) is 0 Å². The molecule has 3 rings (SSSR count). The number of piperidine rings is 1. The van der Waals surface area contributed by atoms with Crippen molar-refractivity contribution in [2.24, 2.45) is 16.6 Å². The maximum absolute atomic E-state index is 6.11. The Labute approximate surface area is 131 Å². The summed E-state index contributed by atoms with van der Waals surface area (Å²) in [6.07, 6.45) is 6.25. The van der Waals surface area contributed by atoms with Crippen molar-refractivity contribution >= 4 is 5.96 Å². The molecule has 0 aliphatic carbocycles. The predicted octanol–water partition coefficient (Wildman–Crippen LogP) is 2.42. The summed E-state index contributed by atoms with van der Waals surface area (Å²) in [4.78, 5) is 6.70. The molecule has 0 amide bonds. The van der Waals surface area contributed by atoms with E-state index >= 15 is 0 Å². The summed E-state index contributed by atoms with van der Waals surface area (Å²) >= 11 is 0. The van der Waals surface area contributed by atoms with Crippen molar-refractivity contribution in [2.45, 2.75) is 26.3 Å². The average Bonchev–Trinajstić information content (AvgIpc) is 3.03. The summed E-state index contributed by atoms with van der Waals surface area (Å²) in [6.45, 7) is 4.90. The molecule has 2 heterocycles. The second-order valence-electron chi connectivity index (χ2n) is 5.97. The molecule has 0 unspecified atom stereocenters. The number of nitrogens with zero attached hydrogens (tertiary/aromatic N) is 4. The highest BCUT2D eigenvalue weighted by Gasteiger charge is 2.16. The first kappa shape index (κ1) is 14.6. The van der Waals surface area contributed by atoms with Gasteiger partial charge in [-0.05, 0) is 30.9 Å². The van der Waals surface area contributed by atoms with Crippen LogP contribution in [-0.2, 0) is 6.54 Å². The van der Waals surface area contributed by atoms with Gasteiger partial charge in [-0.3, -0.25) is 0 Å². The number of likely N-dealkylation sites (tertiary alicyclic amines) is 1. The van der Waals surface area contributed by atoms with Crippen LogP contribution in [-0.4, -0.2) is 33.7 Å². The second kappa shape index (κ2) is 6.64. The first-order valence-corrected chi connectivity index (χ1v) is 7.86. The van der Waals surface area contributed by atoms with E-state index in [1.165, 1.54) is 12.8 Å². The van der Waals surface area contributed by atoms with Crippen molar-refractivity contribution in [1.82, 2.24) is 14.7 Å². The average molecular weight is 297 g/mol. The molecule has 1 saturated heterocycles. The molecule has 2 N–H and O–H groups in total. The largest absolute Gasteiger partial charge is 0.370 e. The molecular weight excluding hydrogens is 274 g/mol. The van der Waals surface area contributed by atoms with Crippen molar-refractivity contribution in [3.05, 3.63) is 48.3 Å². The number of aromatic nitrogens is 2. The van der Waals surface area contributed by atoms with Gasteiger partial charge in [0.1, 0.15) is 0 Å². The van der Waals surface area contributed by atoms with Crippen LogP contribution in [0.1, 0.15) is 25.3 Å². The van der Waals surface area contributed by atoms with Gasteiger partial charge < -0.3 is 10.6 Å². The van der Waals surface area contributed by atoms with Crippen LogP contribution in [0.5, 0.6) is 0 Å². The highest BCUT2D eigenvalue weighted by molar-refractivity contribution is 5.78. The van der Waals surface area contributed by atoms with Crippen LogP contribution in [0.25, 0.3) is 5.69 Å². The molecule has 1 aliphatic rings. The van der Waals surface area contributed by atoms with Gasteiger partial charge in [-0.25, -0.2) is 9.67 Å². The fourth-order valence-corrected chi connectivity index (χ4v) is 2.67. The molecule has 2 aromatic rings. The third kappa shape index (κ3) is 3.47. The zero-order valence-corrected chi connectivity index (χ0v) is 13.0. The Kier molecular flexibility index (Phi) is 4.42. The van der Waals surface area contributed by atoms with E-state index in [9.17, 15) is 0 Å². The Morgan fingerprint density at radius 3 is 2.73 bits per heavy atom. The molecule has 0 bridgehead atoms. The van der Waals surface area contributed by atoms with Crippen molar-refractivity contribution in [3.8, 4) is 5.69 Å². The van der Waals surface area contributed by atoms with Gasteiger partial charge in [0, 0.05) is 24.8 Å². The minimum absolute atomic E-state index is 0.574. The second-order valence-corrected chi connectivity index (χ2v) is 5.97. The van der Waals surface area contributed by atoms with E-state index in [2.05, 4.69) is 21.9 Å². The van der Waals surface area contributed by atoms with E-state index in [-0.39, 0.29) is 0 Å². The number of rotatable bonds is 3. The summed E-state index contributed by atoms with van der Waals surface area (Å²) in [5, 5.41) is 4.38. The van der Waals surface area contributed by atoms with E-state index in [4.69, 9.17) is 5.73 Å². The molecule has 1 fully saturated rings. The van der Waals surface area contributed by atoms with Gasteiger partial charge in [0.15, 0.2) is 5.96 Å². The Morgan fingerprint density at radius 1 is 1.27 bits per heavy atom. The quantitative estimate of drug-likeness (QED) is 0.699. The Balaban J connectivity index is 1.62. The first-order valence-electron chi connectivity index (χ1n) is 7.86. The summed E-state index contributed by atoms with van der Waals surface area (Å²) in [5.74, 6) is 1.45. The molecule has 5 heteroatoms. The molecule has 5 nitrogen and oxygen atoms in total. The maximum Gasteiger partial charge on any atom is 0.191 e. The number of para-hydroxylation sites is 1. The highest BCUT2D eigenvalue weighted by atomic mass is 15.3. The van der Waals surface area contributed by atoms with Crippen molar-refractivity contribution < 1.29 is 0 Å². The smallest absolute Gasteiger partial charge is 0.191 e. The Morgan fingerprint density at radius 2 is 2.00 bits per heavy atom.